The van der Waals surface area contributed by atoms with E-state index in [9.17, 15) is 5.11 Å². The Hall–Kier alpha value is -1.76. The second-order valence-corrected chi connectivity index (χ2v) is 4.09. The molecular weight excluding hydrogens is 210 g/mol. The number of aromatic nitrogens is 5. The van der Waals surface area contributed by atoms with Crippen molar-refractivity contribution in [2.75, 3.05) is 0 Å². The van der Waals surface area contributed by atoms with Crippen LogP contribution in [0, 0.1) is 6.92 Å². The highest BCUT2D eigenvalue weighted by atomic mass is 16.5. The molecule has 0 spiro atoms. The molecular formula is C9H13N5O2. The molecule has 2 rings (SSSR count). The van der Waals surface area contributed by atoms with Gasteiger partial charge in [0.1, 0.15) is 17.8 Å². The van der Waals surface area contributed by atoms with Crippen LogP contribution in [0.3, 0.4) is 0 Å². The monoisotopic (exact) mass is 223 g/mol. The molecule has 16 heavy (non-hydrogen) atoms. The summed E-state index contributed by atoms with van der Waals surface area (Å²) in [6.07, 6.45) is 1.66. The van der Waals surface area contributed by atoms with E-state index < -0.39 is 5.60 Å². The number of aryl methyl sites for hydroxylation is 1. The van der Waals surface area contributed by atoms with Gasteiger partial charge in [0.05, 0.1) is 6.20 Å². The van der Waals surface area contributed by atoms with E-state index >= 15 is 0 Å². The Kier molecular flexibility index (Phi) is 2.47. The zero-order valence-electron chi connectivity index (χ0n) is 9.38. The van der Waals surface area contributed by atoms with Gasteiger partial charge in [0.25, 0.3) is 0 Å². The van der Waals surface area contributed by atoms with Gasteiger partial charge < -0.3 is 9.63 Å². The summed E-state index contributed by atoms with van der Waals surface area (Å²) in [4.78, 5) is 4.05. The first-order valence-electron chi connectivity index (χ1n) is 4.87. The number of nitrogens with zero attached hydrogens (tertiary/aromatic N) is 5. The van der Waals surface area contributed by atoms with Crippen molar-refractivity contribution in [2.45, 2.75) is 32.9 Å². The zero-order valence-corrected chi connectivity index (χ0v) is 9.38. The van der Waals surface area contributed by atoms with Crippen LogP contribution in [0.4, 0.5) is 0 Å². The van der Waals surface area contributed by atoms with Crippen molar-refractivity contribution in [1.29, 1.82) is 0 Å². The highest BCUT2D eigenvalue weighted by Gasteiger charge is 2.20. The van der Waals surface area contributed by atoms with Gasteiger partial charge in [0, 0.05) is 6.92 Å². The summed E-state index contributed by atoms with van der Waals surface area (Å²) in [5.74, 6) is 1.04. The first-order chi connectivity index (χ1) is 7.45. The van der Waals surface area contributed by atoms with Gasteiger partial charge in [-0.25, -0.2) is 4.68 Å². The van der Waals surface area contributed by atoms with Crippen LogP contribution in [-0.2, 0) is 12.1 Å². The molecule has 2 aromatic rings. The molecule has 1 N–H and O–H groups in total. The van der Waals surface area contributed by atoms with E-state index in [1.54, 1.807) is 31.6 Å². The van der Waals surface area contributed by atoms with E-state index in [1.807, 2.05) is 0 Å². The van der Waals surface area contributed by atoms with Gasteiger partial charge in [0.15, 0.2) is 5.82 Å². The number of rotatable bonds is 3. The minimum atomic E-state index is -0.995. The minimum absolute atomic E-state index is 0.375. The lowest BCUT2D eigenvalue weighted by Crippen LogP contribution is -2.15. The zero-order chi connectivity index (χ0) is 11.8. The highest BCUT2D eigenvalue weighted by Crippen LogP contribution is 2.15. The molecule has 7 heteroatoms. The van der Waals surface area contributed by atoms with Crippen molar-refractivity contribution in [3.63, 3.8) is 0 Å². The second kappa shape index (κ2) is 3.67. The fraction of sp³-hybridized carbons (Fsp3) is 0.556. The lowest BCUT2D eigenvalue weighted by atomic mass is 10.1. The number of hydrogen-bond donors (Lipinski definition) is 1. The quantitative estimate of drug-likeness (QED) is 0.801. The van der Waals surface area contributed by atoms with Gasteiger partial charge in [-0.1, -0.05) is 10.4 Å². The predicted octanol–water partition coefficient (Wildman–Crippen LogP) is 0.245. The van der Waals surface area contributed by atoms with Gasteiger partial charge >= 0.3 is 0 Å². The average Bonchev–Trinajstić information content (AvgIpc) is 2.74. The van der Waals surface area contributed by atoms with Crippen LogP contribution in [0.5, 0.6) is 0 Å². The molecule has 2 heterocycles. The predicted molar refractivity (Wildman–Crippen MR) is 53.4 cm³/mol. The molecule has 7 nitrogen and oxygen atoms in total. The maximum absolute atomic E-state index is 9.71. The van der Waals surface area contributed by atoms with Gasteiger partial charge in [-0.3, -0.25) is 0 Å². The maximum Gasteiger partial charge on any atom is 0.223 e. The molecule has 0 aliphatic rings. The minimum Gasteiger partial charge on any atom is -0.384 e. The Bertz CT molecular complexity index is 482. The van der Waals surface area contributed by atoms with E-state index in [0.29, 0.717) is 24.0 Å². The molecule has 0 unspecified atom stereocenters. The van der Waals surface area contributed by atoms with Crippen LogP contribution in [-0.4, -0.2) is 30.2 Å². The van der Waals surface area contributed by atoms with Gasteiger partial charge in [0.2, 0.25) is 5.89 Å². The van der Waals surface area contributed by atoms with Crippen LogP contribution >= 0.6 is 0 Å². The smallest absolute Gasteiger partial charge is 0.223 e. The lowest BCUT2D eigenvalue weighted by Gasteiger charge is -2.11. The van der Waals surface area contributed by atoms with Crippen molar-refractivity contribution >= 4 is 0 Å². The second-order valence-electron chi connectivity index (χ2n) is 4.09. The summed E-state index contributed by atoms with van der Waals surface area (Å²) in [6, 6.07) is 0. The first kappa shape index (κ1) is 10.7. The summed E-state index contributed by atoms with van der Waals surface area (Å²) >= 11 is 0. The Morgan fingerprint density at radius 2 is 2.25 bits per heavy atom. The number of hydrogen-bond acceptors (Lipinski definition) is 6. The van der Waals surface area contributed by atoms with Crippen molar-refractivity contribution in [3.8, 4) is 0 Å². The maximum atomic E-state index is 9.71. The number of aliphatic hydroxyl groups is 1. The van der Waals surface area contributed by atoms with Crippen LogP contribution in [0.25, 0.3) is 0 Å². The van der Waals surface area contributed by atoms with Crippen LogP contribution in [0.15, 0.2) is 10.7 Å². The van der Waals surface area contributed by atoms with E-state index in [2.05, 4.69) is 20.5 Å². The standard InChI is InChI=1S/C9H13N5O2/c1-6-10-8(12-16-6)5-14-4-7(11-13-14)9(2,3)15/h4,15H,5H2,1-3H3. The molecule has 0 radical (unpaired) electrons. The Labute approximate surface area is 92.1 Å². The summed E-state index contributed by atoms with van der Waals surface area (Å²) in [7, 11) is 0. The van der Waals surface area contributed by atoms with E-state index in [4.69, 9.17) is 4.52 Å². The van der Waals surface area contributed by atoms with Crippen molar-refractivity contribution in [3.05, 3.63) is 23.6 Å². The topological polar surface area (TPSA) is 89.9 Å². The summed E-state index contributed by atoms with van der Waals surface area (Å²) in [6.45, 7) is 5.40. The molecule has 0 bridgehead atoms. The molecule has 0 aromatic carbocycles. The van der Waals surface area contributed by atoms with Gasteiger partial charge in [-0.15, -0.1) is 5.10 Å². The summed E-state index contributed by atoms with van der Waals surface area (Å²) < 4.78 is 6.39. The lowest BCUT2D eigenvalue weighted by molar-refractivity contribution is 0.0737. The molecule has 0 saturated heterocycles. The molecule has 0 atom stereocenters. The average molecular weight is 223 g/mol. The Morgan fingerprint density at radius 3 is 2.75 bits per heavy atom. The molecule has 0 aliphatic heterocycles. The van der Waals surface area contributed by atoms with E-state index in [-0.39, 0.29) is 0 Å². The first-order valence-corrected chi connectivity index (χ1v) is 4.87. The van der Waals surface area contributed by atoms with E-state index in [0.717, 1.165) is 0 Å². The molecule has 0 saturated carbocycles. The van der Waals surface area contributed by atoms with Gasteiger partial charge in [-0.05, 0) is 13.8 Å². The van der Waals surface area contributed by atoms with Crippen molar-refractivity contribution < 1.29 is 9.63 Å². The van der Waals surface area contributed by atoms with Crippen LogP contribution in [0.2, 0.25) is 0 Å². The van der Waals surface area contributed by atoms with Crippen molar-refractivity contribution in [1.82, 2.24) is 25.1 Å². The summed E-state index contributed by atoms with van der Waals surface area (Å²) in [5, 5.41) is 21.2. The van der Waals surface area contributed by atoms with Gasteiger partial charge in [-0.2, -0.15) is 4.98 Å². The fourth-order valence-corrected chi connectivity index (χ4v) is 1.21. The summed E-state index contributed by atoms with van der Waals surface area (Å²) in [5.41, 5.74) is -0.487. The molecule has 0 amide bonds. The fourth-order valence-electron chi connectivity index (χ4n) is 1.21. The normalized spacial score (nSPS) is 12.0. The SMILES string of the molecule is Cc1nc(Cn2cc(C(C)(C)O)nn2)no1. The highest BCUT2D eigenvalue weighted by molar-refractivity contribution is 5.03. The Morgan fingerprint density at radius 1 is 1.50 bits per heavy atom. The largest absolute Gasteiger partial charge is 0.384 e. The molecule has 0 aliphatic carbocycles. The van der Waals surface area contributed by atoms with Crippen LogP contribution < -0.4 is 0 Å². The Balaban J connectivity index is 2.14. The van der Waals surface area contributed by atoms with Crippen LogP contribution in [0.1, 0.15) is 31.3 Å². The third kappa shape index (κ3) is 2.25. The van der Waals surface area contributed by atoms with Crippen molar-refractivity contribution in [2.24, 2.45) is 0 Å². The van der Waals surface area contributed by atoms with E-state index in [1.165, 1.54) is 0 Å². The molecule has 0 fully saturated rings. The molecule has 86 valence electrons. The third-order valence-corrected chi connectivity index (χ3v) is 2.04. The third-order valence-electron chi connectivity index (χ3n) is 2.04. The molecule has 2 aromatic heterocycles.